The predicted octanol–water partition coefficient (Wildman–Crippen LogP) is 6.31. The first-order valence-electron chi connectivity index (χ1n) is 11.9. The van der Waals surface area contributed by atoms with Gasteiger partial charge in [0.2, 0.25) is 0 Å². The molecule has 0 aliphatic carbocycles. The van der Waals surface area contributed by atoms with E-state index in [9.17, 15) is 9.59 Å². The number of carbonyl (C=O) groups excluding carboxylic acids is 2. The summed E-state index contributed by atoms with van der Waals surface area (Å²) in [6.45, 7) is 2.93. The van der Waals surface area contributed by atoms with Crippen LogP contribution in [0.1, 0.15) is 79.0 Å². The number of benzene rings is 2. The van der Waals surface area contributed by atoms with Crippen LogP contribution in [0.3, 0.4) is 0 Å². The summed E-state index contributed by atoms with van der Waals surface area (Å²) in [6.07, 6.45) is 10.1. The lowest BCUT2D eigenvalue weighted by Gasteiger charge is -2.19. The molecule has 0 aromatic heterocycles. The van der Waals surface area contributed by atoms with E-state index in [1.807, 2.05) is 31.1 Å². The van der Waals surface area contributed by atoms with Crippen LogP contribution in [0.5, 0.6) is 5.75 Å². The molecular weight excluding hydrogens is 416 g/mol. The highest BCUT2D eigenvalue weighted by Crippen LogP contribution is 2.27. The number of hydrogen-bond acceptors (Lipinski definition) is 5. The van der Waals surface area contributed by atoms with Crippen molar-refractivity contribution >= 4 is 23.3 Å². The fourth-order valence-electron chi connectivity index (χ4n) is 3.59. The first-order valence-corrected chi connectivity index (χ1v) is 11.9. The zero-order chi connectivity index (χ0) is 24.1. The zero-order valence-electron chi connectivity index (χ0n) is 20.5. The van der Waals surface area contributed by atoms with Gasteiger partial charge in [-0.2, -0.15) is 0 Å². The summed E-state index contributed by atoms with van der Waals surface area (Å²) in [7, 11) is 5.08. The monoisotopic (exact) mass is 454 g/mol. The highest BCUT2D eigenvalue weighted by atomic mass is 16.5. The summed E-state index contributed by atoms with van der Waals surface area (Å²) >= 11 is 0. The van der Waals surface area contributed by atoms with Crippen molar-refractivity contribution in [1.82, 2.24) is 0 Å². The summed E-state index contributed by atoms with van der Waals surface area (Å²) in [6, 6.07) is 12.2. The number of rotatable bonds is 14. The number of amides is 1. The van der Waals surface area contributed by atoms with Gasteiger partial charge in [-0.3, -0.25) is 4.79 Å². The van der Waals surface area contributed by atoms with Crippen LogP contribution >= 0.6 is 0 Å². The number of methoxy groups -OCH3 is 1. The lowest BCUT2D eigenvalue weighted by Crippen LogP contribution is -2.17. The SMILES string of the molecule is CCCCCCCCCCOc1ccc(C(=O)Nc2cc(C(=O)OC)ccc2N(C)C)cc1. The van der Waals surface area contributed by atoms with E-state index in [1.165, 1.54) is 52.1 Å². The number of anilines is 2. The number of hydrogen-bond donors (Lipinski definition) is 1. The van der Waals surface area contributed by atoms with Gasteiger partial charge in [-0.1, -0.05) is 51.9 Å². The average molecular weight is 455 g/mol. The van der Waals surface area contributed by atoms with Crippen molar-refractivity contribution < 1.29 is 19.1 Å². The van der Waals surface area contributed by atoms with E-state index in [-0.39, 0.29) is 5.91 Å². The van der Waals surface area contributed by atoms with Gasteiger partial charge in [-0.15, -0.1) is 0 Å². The molecule has 0 fully saturated rings. The lowest BCUT2D eigenvalue weighted by molar-refractivity contribution is 0.0600. The highest BCUT2D eigenvalue weighted by molar-refractivity contribution is 6.06. The zero-order valence-corrected chi connectivity index (χ0v) is 20.5. The first kappa shape index (κ1) is 26.2. The van der Waals surface area contributed by atoms with Gasteiger partial charge in [0.25, 0.3) is 5.91 Å². The minimum absolute atomic E-state index is 0.255. The summed E-state index contributed by atoms with van der Waals surface area (Å²) in [5.74, 6) is 0.0553. The average Bonchev–Trinajstić information content (AvgIpc) is 2.82. The molecule has 0 spiro atoms. The Hall–Kier alpha value is -3.02. The van der Waals surface area contributed by atoms with E-state index in [0.29, 0.717) is 23.4 Å². The molecule has 0 aliphatic rings. The maximum atomic E-state index is 12.8. The van der Waals surface area contributed by atoms with Gasteiger partial charge in [0.15, 0.2) is 0 Å². The topological polar surface area (TPSA) is 67.9 Å². The van der Waals surface area contributed by atoms with Gasteiger partial charge in [-0.25, -0.2) is 4.79 Å². The molecule has 1 amide bonds. The number of nitrogens with zero attached hydrogens (tertiary/aromatic N) is 1. The van der Waals surface area contributed by atoms with E-state index in [1.54, 1.807) is 30.3 Å². The summed E-state index contributed by atoms with van der Waals surface area (Å²) in [4.78, 5) is 26.5. The second-order valence-electron chi connectivity index (χ2n) is 8.42. The van der Waals surface area contributed by atoms with E-state index in [2.05, 4.69) is 12.2 Å². The van der Waals surface area contributed by atoms with Gasteiger partial charge in [0, 0.05) is 19.7 Å². The molecule has 1 N–H and O–H groups in total. The Labute approximate surface area is 198 Å². The van der Waals surface area contributed by atoms with E-state index < -0.39 is 5.97 Å². The molecule has 0 saturated carbocycles. The standard InChI is InChI=1S/C27H38N2O4/c1-5-6-7-8-9-10-11-12-19-33-23-16-13-21(14-17-23)26(30)28-24-20-22(27(31)32-4)15-18-25(24)29(2)3/h13-18,20H,5-12,19H2,1-4H3,(H,28,30). The van der Waals surface area contributed by atoms with Crippen LogP contribution in [0.15, 0.2) is 42.5 Å². The lowest BCUT2D eigenvalue weighted by atomic mass is 10.1. The minimum atomic E-state index is -0.450. The van der Waals surface area contributed by atoms with Gasteiger partial charge in [-0.05, 0) is 48.9 Å². The van der Waals surface area contributed by atoms with Crippen molar-refractivity contribution in [2.24, 2.45) is 0 Å². The quantitative estimate of drug-likeness (QED) is 0.268. The van der Waals surface area contributed by atoms with Crippen molar-refractivity contribution in [2.75, 3.05) is 38.0 Å². The molecule has 0 atom stereocenters. The Morgan fingerprint density at radius 1 is 0.848 bits per heavy atom. The van der Waals surface area contributed by atoms with E-state index in [0.717, 1.165) is 17.9 Å². The van der Waals surface area contributed by atoms with Crippen molar-refractivity contribution in [2.45, 2.75) is 58.3 Å². The third-order valence-corrected chi connectivity index (χ3v) is 5.53. The third kappa shape index (κ3) is 8.79. The summed E-state index contributed by atoms with van der Waals surface area (Å²) < 4.78 is 10.6. The first-order chi connectivity index (χ1) is 16.0. The fraction of sp³-hybridized carbons (Fsp3) is 0.481. The number of unbranched alkanes of at least 4 members (excludes halogenated alkanes) is 7. The number of esters is 1. The smallest absolute Gasteiger partial charge is 0.337 e. The van der Waals surface area contributed by atoms with Crippen molar-refractivity contribution in [1.29, 1.82) is 0 Å². The largest absolute Gasteiger partial charge is 0.494 e. The minimum Gasteiger partial charge on any atom is -0.494 e. The van der Waals surface area contributed by atoms with Gasteiger partial charge >= 0.3 is 5.97 Å². The number of ether oxygens (including phenoxy) is 2. The molecule has 0 bridgehead atoms. The molecule has 0 radical (unpaired) electrons. The van der Waals surface area contributed by atoms with Crippen molar-refractivity contribution in [3.05, 3.63) is 53.6 Å². The van der Waals surface area contributed by atoms with Crippen LogP contribution in [0, 0.1) is 0 Å². The van der Waals surface area contributed by atoms with Crippen LogP contribution in [0.4, 0.5) is 11.4 Å². The molecule has 180 valence electrons. The maximum Gasteiger partial charge on any atom is 0.337 e. The van der Waals surface area contributed by atoms with Gasteiger partial charge in [0.1, 0.15) is 5.75 Å². The second kappa shape index (κ2) is 14.2. The molecule has 2 rings (SSSR count). The number of nitrogens with one attached hydrogen (secondary N) is 1. The molecular formula is C27H38N2O4. The van der Waals surface area contributed by atoms with Crippen molar-refractivity contribution in [3.8, 4) is 5.75 Å². The van der Waals surface area contributed by atoms with Crippen LogP contribution in [-0.2, 0) is 4.74 Å². The molecule has 0 unspecified atom stereocenters. The molecule has 6 heteroatoms. The maximum absolute atomic E-state index is 12.8. The third-order valence-electron chi connectivity index (χ3n) is 5.53. The summed E-state index contributed by atoms with van der Waals surface area (Å²) in [5.41, 5.74) is 2.23. The highest BCUT2D eigenvalue weighted by Gasteiger charge is 2.14. The Morgan fingerprint density at radius 3 is 2.06 bits per heavy atom. The van der Waals surface area contributed by atoms with Crippen molar-refractivity contribution in [3.63, 3.8) is 0 Å². The van der Waals surface area contributed by atoms with Crippen LogP contribution in [0.25, 0.3) is 0 Å². The molecule has 33 heavy (non-hydrogen) atoms. The Kier molecular flexibility index (Phi) is 11.3. The van der Waals surface area contributed by atoms with E-state index >= 15 is 0 Å². The summed E-state index contributed by atoms with van der Waals surface area (Å²) in [5, 5.41) is 2.90. The fourth-order valence-corrected chi connectivity index (χ4v) is 3.59. The molecule has 2 aromatic carbocycles. The van der Waals surface area contributed by atoms with Crippen LogP contribution in [-0.4, -0.2) is 39.7 Å². The Balaban J connectivity index is 1.86. The molecule has 0 aliphatic heterocycles. The van der Waals surface area contributed by atoms with Gasteiger partial charge < -0.3 is 19.7 Å². The Morgan fingerprint density at radius 2 is 1.45 bits per heavy atom. The molecule has 0 heterocycles. The molecule has 0 saturated heterocycles. The second-order valence-corrected chi connectivity index (χ2v) is 8.42. The normalized spacial score (nSPS) is 10.5. The van der Waals surface area contributed by atoms with Gasteiger partial charge in [0.05, 0.1) is 30.7 Å². The molecule has 6 nitrogen and oxygen atoms in total. The van der Waals surface area contributed by atoms with Crippen LogP contribution < -0.4 is 15.0 Å². The predicted molar refractivity (Wildman–Crippen MR) is 135 cm³/mol. The Bertz CT molecular complexity index is 878. The number of carbonyl (C=O) groups is 2. The molecule has 2 aromatic rings. The van der Waals surface area contributed by atoms with Crippen LogP contribution in [0.2, 0.25) is 0 Å². The van der Waals surface area contributed by atoms with E-state index in [4.69, 9.17) is 9.47 Å².